The minimum Gasteiger partial charge on any atom is -0.381 e. The number of hydrogen-bond acceptors (Lipinski definition) is 1. The molecule has 0 heterocycles. The van der Waals surface area contributed by atoms with Gasteiger partial charge in [-0.05, 0) is 12.8 Å². The van der Waals surface area contributed by atoms with Gasteiger partial charge in [0, 0.05) is 6.61 Å². The van der Waals surface area contributed by atoms with Crippen molar-refractivity contribution < 1.29 is 4.74 Å². The Bertz CT molecular complexity index is 33.2. The van der Waals surface area contributed by atoms with Crippen LogP contribution in [0.5, 0.6) is 0 Å². The molecule has 1 radical (unpaired) electrons. The van der Waals surface area contributed by atoms with Crippen LogP contribution in [0.3, 0.4) is 0 Å². The molecule has 0 unspecified atom stereocenters. The van der Waals surface area contributed by atoms with Crippen LogP contribution in [0, 0.1) is 5.92 Å². The van der Waals surface area contributed by atoms with Gasteiger partial charge in [0.15, 0.2) is 0 Å². The van der Waals surface area contributed by atoms with Crippen LogP contribution in [0.15, 0.2) is 0 Å². The van der Waals surface area contributed by atoms with Crippen molar-refractivity contribution >= 4 is 0 Å². The molecule has 0 rings (SSSR count). The summed E-state index contributed by atoms with van der Waals surface area (Å²) in [4.78, 5) is 0. The van der Waals surface area contributed by atoms with Crippen LogP contribution in [0.4, 0.5) is 0 Å². The average molecular weight is 101 g/mol. The van der Waals surface area contributed by atoms with Gasteiger partial charge < -0.3 is 4.74 Å². The number of hydrogen-bond donors (Lipinski definition) is 0. The highest BCUT2D eigenvalue weighted by molar-refractivity contribution is 4.74. The summed E-state index contributed by atoms with van der Waals surface area (Å²) in [6.07, 6.45) is 0. The summed E-state index contributed by atoms with van der Waals surface area (Å²) >= 11 is 0. The van der Waals surface area contributed by atoms with Gasteiger partial charge in [0.1, 0.15) is 0 Å². The molecule has 0 fully saturated rings. The topological polar surface area (TPSA) is 9.23 Å². The summed E-state index contributed by atoms with van der Waals surface area (Å²) in [6, 6.07) is 0. The van der Waals surface area contributed by atoms with Gasteiger partial charge in [-0.2, -0.15) is 0 Å². The molecule has 1 heteroatoms. The molecule has 1 nitrogen and oxygen atoms in total. The second kappa shape index (κ2) is 4.13. The van der Waals surface area contributed by atoms with Gasteiger partial charge >= 0.3 is 0 Å². The van der Waals surface area contributed by atoms with Crippen molar-refractivity contribution in [3.8, 4) is 0 Å². The Morgan fingerprint density at radius 2 is 2.00 bits per heavy atom. The maximum Gasteiger partial charge on any atom is 0.0522 e. The molecule has 43 valence electrons. The van der Waals surface area contributed by atoms with Crippen molar-refractivity contribution in [2.45, 2.75) is 20.8 Å². The Kier molecular flexibility index (Phi) is 4.10. The fourth-order valence-corrected chi connectivity index (χ4v) is 0.306. The largest absolute Gasteiger partial charge is 0.381 e. The van der Waals surface area contributed by atoms with Gasteiger partial charge in [0.2, 0.25) is 0 Å². The normalized spacial score (nSPS) is 10.3. The van der Waals surface area contributed by atoms with E-state index in [0.29, 0.717) is 0 Å². The second-order valence-corrected chi connectivity index (χ2v) is 1.84. The molecule has 0 aliphatic rings. The lowest BCUT2D eigenvalue weighted by atomic mass is 10.2. The molecule has 0 bridgehead atoms. The van der Waals surface area contributed by atoms with E-state index in [0.717, 1.165) is 13.2 Å². The van der Waals surface area contributed by atoms with E-state index in [1.54, 1.807) is 0 Å². The van der Waals surface area contributed by atoms with Gasteiger partial charge in [-0.3, -0.25) is 0 Å². The van der Waals surface area contributed by atoms with Gasteiger partial charge in [-0.25, -0.2) is 0 Å². The van der Waals surface area contributed by atoms with Crippen molar-refractivity contribution in [2.75, 3.05) is 13.2 Å². The van der Waals surface area contributed by atoms with Crippen LogP contribution in [-0.2, 0) is 4.74 Å². The number of rotatable bonds is 3. The van der Waals surface area contributed by atoms with Crippen molar-refractivity contribution in [1.82, 2.24) is 0 Å². The predicted octanol–water partition coefficient (Wildman–Crippen LogP) is 1.64. The Morgan fingerprint density at radius 3 is 2.14 bits per heavy atom. The molecular weight excluding hydrogens is 88.1 g/mol. The van der Waals surface area contributed by atoms with E-state index in [4.69, 9.17) is 4.74 Å². The molecule has 0 aliphatic heterocycles. The lowest BCUT2D eigenvalue weighted by Crippen LogP contribution is -1.98. The third-order valence-electron chi connectivity index (χ3n) is 0.595. The molecule has 0 N–H and O–H groups in total. The molecule has 0 amide bonds. The summed E-state index contributed by atoms with van der Waals surface area (Å²) in [7, 11) is 0. The van der Waals surface area contributed by atoms with Gasteiger partial charge in [-0.1, -0.05) is 13.8 Å². The standard InChI is InChI=1S/C6H13O/c1-4-7-5-6(2)3/h4-5H2,1-3H3. The Labute approximate surface area is 45.7 Å². The zero-order valence-corrected chi connectivity index (χ0v) is 5.32. The lowest BCUT2D eigenvalue weighted by Gasteiger charge is -2.00. The first kappa shape index (κ1) is 6.96. The molecule has 0 aromatic carbocycles. The van der Waals surface area contributed by atoms with Gasteiger partial charge in [0.25, 0.3) is 0 Å². The fraction of sp³-hybridized carbons (Fsp3) is 0.833. The summed E-state index contributed by atoms with van der Waals surface area (Å²) in [5.74, 6) is 1.34. The van der Waals surface area contributed by atoms with E-state index in [1.165, 1.54) is 5.92 Å². The van der Waals surface area contributed by atoms with Crippen LogP contribution >= 0.6 is 0 Å². The van der Waals surface area contributed by atoms with Gasteiger partial charge in [0.05, 0.1) is 6.61 Å². The fourth-order valence-electron chi connectivity index (χ4n) is 0.306. The first-order valence-electron chi connectivity index (χ1n) is 2.64. The Balaban J connectivity index is 2.68. The van der Waals surface area contributed by atoms with E-state index in [-0.39, 0.29) is 0 Å². The van der Waals surface area contributed by atoms with Gasteiger partial charge in [-0.15, -0.1) is 0 Å². The van der Waals surface area contributed by atoms with Crippen molar-refractivity contribution in [2.24, 2.45) is 0 Å². The van der Waals surface area contributed by atoms with Crippen LogP contribution < -0.4 is 0 Å². The van der Waals surface area contributed by atoms with E-state index >= 15 is 0 Å². The van der Waals surface area contributed by atoms with Crippen LogP contribution in [0.1, 0.15) is 20.8 Å². The summed E-state index contributed by atoms with van der Waals surface area (Å²) < 4.78 is 5.06. The minimum absolute atomic E-state index is 0.816. The van der Waals surface area contributed by atoms with Crippen LogP contribution in [0.25, 0.3) is 0 Å². The second-order valence-electron chi connectivity index (χ2n) is 1.84. The third kappa shape index (κ3) is 5.96. The lowest BCUT2D eigenvalue weighted by molar-refractivity contribution is 0.159. The van der Waals surface area contributed by atoms with E-state index in [2.05, 4.69) is 13.8 Å². The first-order valence-corrected chi connectivity index (χ1v) is 2.64. The quantitative estimate of drug-likeness (QED) is 0.525. The zero-order chi connectivity index (χ0) is 5.70. The van der Waals surface area contributed by atoms with Crippen LogP contribution in [-0.4, -0.2) is 13.2 Å². The first-order chi connectivity index (χ1) is 3.27. The summed E-state index contributed by atoms with van der Waals surface area (Å²) in [5.41, 5.74) is 0. The molecule has 0 atom stereocenters. The maximum atomic E-state index is 5.06. The van der Waals surface area contributed by atoms with Crippen molar-refractivity contribution in [3.05, 3.63) is 5.92 Å². The van der Waals surface area contributed by atoms with E-state index in [1.807, 2.05) is 6.92 Å². The van der Waals surface area contributed by atoms with E-state index < -0.39 is 0 Å². The third-order valence-corrected chi connectivity index (χ3v) is 0.595. The highest BCUT2D eigenvalue weighted by atomic mass is 16.5. The van der Waals surface area contributed by atoms with Crippen molar-refractivity contribution in [1.29, 1.82) is 0 Å². The molecule has 0 aromatic heterocycles. The Morgan fingerprint density at radius 1 is 1.43 bits per heavy atom. The smallest absolute Gasteiger partial charge is 0.0522 e. The number of ether oxygens (including phenoxy) is 1. The molecule has 7 heavy (non-hydrogen) atoms. The minimum atomic E-state index is 0.816. The highest BCUT2D eigenvalue weighted by Crippen LogP contribution is 1.93. The molecule has 0 aromatic rings. The zero-order valence-electron chi connectivity index (χ0n) is 5.32. The molecule has 0 saturated carbocycles. The molecule has 0 aliphatic carbocycles. The molecular formula is C6H13O. The molecule has 0 saturated heterocycles. The van der Waals surface area contributed by atoms with Crippen LogP contribution in [0.2, 0.25) is 0 Å². The average Bonchev–Trinajstić information content (AvgIpc) is 1.61. The van der Waals surface area contributed by atoms with E-state index in [9.17, 15) is 0 Å². The highest BCUT2D eigenvalue weighted by Gasteiger charge is 1.89. The van der Waals surface area contributed by atoms with Crippen molar-refractivity contribution in [3.63, 3.8) is 0 Å². The molecule has 0 spiro atoms. The summed E-state index contributed by atoms with van der Waals surface area (Å²) in [5, 5.41) is 0. The Hall–Kier alpha value is -0.0400. The monoisotopic (exact) mass is 101 g/mol. The maximum absolute atomic E-state index is 5.06. The SMILES string of the molecule is CCOC[C](C)C. The predicted molar refractivity (Wildman–Crippen MR) is 31.1 cm³/mol. The summed E-state index contributed by atoms with van der Waals surface area (Å²) in [6.45, 7) is 7.77.